The Morgan fingerprint density at radius 2 is 1.70 bits per heavy atom. The van der Waals surface area contributed by atoms with E-state index in [1.54, 1.807) is 30.3 Å². The number of amides is 2. The first kappa shape index (κ1) is 17.0. The van der Waals surface area contributed by atoms with E-state index in [0.717, 1.165) is 0 Å². The fraction of sp³-hybridized carbons (Fsp3) is 0.214. The molecule has 0 bridgehead atoms. The molecular weight excluding hydrogens is 283 g/mol. The van der Waals surface area contributed by atoms with Gasteiger partial charge in [-0.05, 0) is 30.6 Å². The summed E-state index contributed by atoms with van der Waals surface area (Å²) in [7, 11) is 0. The Balaban J connectivity index is 0.00000200. The molecule has 0 unspecified atom stereocenters. The molecule has 2 N–H and O–H groups in total. The molecule has 1 heterocycles. The van der Waals surface area contributed by atoms with Gasteiger partial charge in [-0.2, -0.15) is 0 Å². The van der Waals surface area contributed by atoms with Gasteiger partial charge in [0.25, 0.3) is 0 Å². The summed E-state index contributed by atoms with van der Waals surface area (Å²) in [6, 6.07) is 9.00. The minimum absolute atomic E-state index is 0. The molecule has 1 aliphatic heterocycles. The van der Waals surface area contributed by atoms with Crippen LogP contribution in [0.25, 0.3) is 0 Å². The van der Waals surface area contributed by atoms with E-state index in [1.807, 2.05) is 6.07 Å². The molecule has 20 heavy (non-hydrogen) atoms. The molecule has 1 aliphatic rings. The quantitative estimate of drug-likeness (QED) is 0.305. The zero-order chi connectivity index (χ0) is 13.9. The van der Waals surface area contributed by atoms with Crippen molar-refractivity contribution in [3.63, 3.8) is 0 Å². The topological polar surface area (TPSA) is 58.2 Å². The number of thiocarbonyl (C=S) groups is 1. The van der Waals surface area contributed by atoms with Crippen LogP contribution < -0.4 is 40.2 Å². The molecule has 2 rings (SSSR count). The third-order valence-corrected chi connectivity index (χ3v) is 3.42. The third-order valence-electron chi connectivity index (χ3n) is 3.22. The third kappa shape index (κ3) is 3.01. The zero-order valence-electron chi connectivity index (χ0n) is 11.3. The van der Waals surface area contributed by atoms with Crippen LogP contribution in [-0.2, 0) is 15.0 Å². The standard InChI is InChI=1S/C14H14N2O2S.Na/c1-2-3-9-14(10-7-5-4-6-8-10)11(17)15-13(19)16-12(14)18;/h2,4-8H,1,3,9H2,(H2,15,16,17,18,19);/q;+1. The van der Waals surface area contributed by atoms with E-state index in [0.29, 0.717) is 18.4 Å². The second-order valence-corrected chi connectivity index (χ2v) is 4.74. The largest absolute Gasteiger partial charge is 1.00 e. The van der Waals surface area contributed by atoms with Crippen LogP contribution in [0.2, 0.25) is 0 Å². The first-order valence-corrected chi connectivity index (χ1v) is 6.35. The summed E-state index contributed by atoms with van der Waals surface area (Å²) in [4.78, 5) is 24.7. The summed E-state index contributed by atoms with van der Waals surface area (Å²) in [6.45, 7) is 3.65. The fourth-order valence-electron chi connectivity index (χ4n) is 2.23. The van der Waals surface area contributed by atoms with Gasteiger partial charge >= 0.3 is 29.6 Å². The van der Waals surface area contributed by atoms with Crippen molar-refractivity contribution in [3.8, 4) is 0 Å². The van der Waals surface area contributed by atoms with Gasteiger partial charge in [0.05, 0.1) is 0 Å². The summed E-state index contributed by atoms with van der Waals surface area (Å²) >= 11 is 4.84. The maximum Gasteiger partial charge on any atom is 1.00 e. The second kappa shape index (κ2) is 7.13. The van der Waals surface area contributed by atoms with Crippen molar-refractivity contribution in [2.24, 2.45) is 0 Å². The molecule has 1 fully saturated rings. The van der Waals surface area contributed by atoms with Gasteiger partial charge in [0.1, 0.15) is 0 Å². The van der Waals surface area contributed by atoms with Crippen molar-refractivity contribution in [3.05, 3.63) is 48.6 Å². The summed E-state index contributed by atoms with van der Waals surface area (Å²) in [6.07, 6.45) is 2.61. The van der Waals surface area contributed by atoms with E-state index in [1.165, 1.54) is 0 Å². The van der Waals surface area contributed by atoms with Crippen LogP contribution >= 0.6 is 12.2 Å². The summed E-state index contributed by atoms with van der Waals surface area (Å²) in [5.41, 5.74) is -0.577. The summed E-state index contributed by atoms with van der Waals surface area (Å²) in [5.74, 6) is -0.761. The van der Waals surface area contributed by atoms with Crippen LogP contribution in [0.5, 0.6) is 0 Å². The van der Waals surface area contributed by atoms with Gasteiger partial charge in [0.2, 0.25) is 11.8 Å². The number of allylic oxidation sites excluding steroid dienone is 1. The molecule has 6 heteroatoms. The molecule has 0 spiro atoms. The Labute approximate surface area is 145 Å². The number of carbonyl (C=O) groups excluding carboxylic acids is 2. The van der Waals surface area contributed by atoms with Crippen LogP contribution in [0.3, 0.4) is 0 Å². The van der Waals surface area contributed by atoms with E-state index < -0.39 is 5.41 Å². The number of hydrogen-bond donors (Lipinski definition) is 2. The Bertz CT molecular complexity index is 525. The molecule has 1 saturated heterocycles. The number of rotatable bonds is 4. The molecule has 1 aromatic rings. The first-order valence-electron chi connectivity index (χ1n) is 5.94. The smallest absolute Gasteiger partial charge is 0.302 e. The molecule has 0 saturated carbocycles. The van der Waals surface area contributed by atoms with Crippen molar-refractivity contribution in [2.45, 2.75) is 18.3 Å². The van der Waals surface area contributed by atoms with Gasteiger partial charge in [0, 0.05) is 0 Å². The normalized spacial score (nSPS) is 16.7. The molecule has 0 aromatic heterocycles. The SMILES string of the molecule is C=CCCC1(c2ccccc2)C(=O)NC(=S)NC1=O.[Na+]. The predicted molar refractivity (Wildman–Crippen MR) is 76.4 cm³/mol. The molecule has 1 aromatic carbocycles. The van der Waals surface area contributed by atoms with Crippen LogP contribution in [-0.4, -0.2) is 16.9 Å². The Morgan fingerprint density at radius 1 is 1.15 bits per heavy atom. The first-order chi connectivity index (χ1) is 9.11. The van der Waals surface area contributed by atoms with Crippen molar-refractivity contribution < 1.29 is 39.1 Å². The number of carbonyl (C=O) groups is 2. The second-order valence-electron chi connectivity index (χ2n) is 4.34. The van der Waals surface area contributed by atoms with E-state index in [2.05, 4.69) is 17.2 Å². The molecule has 2 amide bonds. The number of nitrogens with one attached hydrogen (secondary N) is 2. The Kier molecular flexibility index (Phi) is 6.07. The van der Waals surface area contributed by atoms with Crippen molar-refractivity contribution in [2.75, 3.05) is 0 Å². The van der Waals surface area contributed by atoms with Gasteiger partial charge in [0.15, 0.2) is 10.5 Å². The average molecular weight is 297 g/mol. The van der Waals surface area contributed by atoms with Crippen molar-refractivity contribution in [1.29, 1.82) is 0 Å². The van der Waals surface area contributed by atoms with Crippen LogP contribution in [0.1, 0.15) is 18.4 Å². The monoisotopic (exact) mass is 297 g/mol. The fourth-order valence-corrected chi connectivity index (χ4v) is 2.41. The van der Waals surface area contributed by atoms with Gasteiger partial charge in [-0.15, -0.1) is 6.58 Å². The van der Waals surface area contributed by atoms with E-state index in [9.17, 15) is 9.59 Å². The zero-order valence-corrected chi connectivity index (χ0v) is 14.1. The van der Waals surface area contributed by atoms with Crippen molar-refractivity contribution in [1.82, 2.24) is 10.6 Å². The maximum atomic E-state index is 12.3. The molecule has 0 atom stereocenters. The van der Waals surface area contributed by atoms with Crippen molar-refractivity contribution >= 4 is 29.1 Å². The average Bonchev–Trinajstić information content (AvgIpc) is 2.39. The predicted octanol–water partition coefficient (Wildman–Crippen LogP) is -1.57. The molecule has 4 nitrogen and oxygen atoms in total. The van der Waals surface area contributed by atoms with Gasteiger partial charge in [-0.3, -0.25) is 9.59 Å². The van der Waals surface area contributed by atoms with Crippen LogP contribution in [0.4, 0.5) is 0 Å². The van der Waals surface area contributed by atoms with Gasteiger partial charge < -0.3 is 10.6 Å². The van der Waals surface area contributed by atoms with Crippen LogP contribution in [0.15, 0.2) is 43.0 Å². The number of hydrogen-bond acceptors (Lipinski definition) is 3. The minimum atomic E-state index is -1.24. The maximum absolute atomic E-state index is 12.3. The Hall–Kier alpha value is -1.01. The van der Waals surface area contributed by atoms with Crippen LogP contribution in [0, 0.1) is 0 Å². The Morgan fingerprint density at radius 3 is 2.20 bits per heavy atom. The van der Waals surface area contributed by atoms with E-state index in [-0.39, 0.29) is 46.5 Å². The molecule has 98 valence electrons. The molecular formula is C14H14N2NaO2S+. The van der Waals surface area contributed by atoms with E-state index >= 15 is 0 Å². The minimum Gasteiger partial charge on any atom is -0.302 e. The van der Waals surface area contributed by atoms with Gasteiger partial charge in [-0.25, -0.2) is 0 Å². The van der Waals surface area contributed by atoms with E-state index in [4.69, 9.17) is 12.2 Å². The molecule has 0 aliphatic carbocycles. The molecule has 0 radical (unpaired) electrons. The van der Waals surface area contributed by atoms with Gasteiger partial charge in [-0.1, -0.05) is 36.4 Å². The summed E-state index contributed by atoms with van der Waals surface area (Å²) in [5, 5.41) is 5.12. The number of benzene rings is 1. The summed E-state index contributed by atoms with van der Waals surface area (Å²) < 4.78 is 0.